The Labute approximate surface area is 215 Å². The van der Waals surface area contributed by atoms with Crippen molar-refractivity contribution in [1.29, 1.82) is 0 Å². The van der Waals surface area contributed by atoms with Crippen molar-refractivity contribution in [3.63, 3.8) is 0 Å². The number of amides is 3. The normalized spacial score (nSPS) is 26.1. The molecule has 7 nitrogen and oxygen atoms in total. The lowest BCUT2D eigenvalue weighted by molar-refractivity contribution is -0.142. The fourth-order valence-corrected chi connectivity index (χ4v) is 6.35. The third-order valence-corrected chi connectivity index (χ3v) is 8.37. The summed E-state index contributed by atoms with van der Waals surface area (Å²) in [6.07, 6.45) is 1.00. The summed E-state index contributed by atoms with van der Waals surface area (Å²) in [5.74, 6) is -2.16. The monoisotopic (exact) mass is 495 g/mol. The summed E-state index contributed by atoms with van der Waals surface area (Å²) in [4.78, 5) is 42.9. The summed E-state index contributed by atoms with van der Waals surface area (Å²) < 4.78 is 0. The predicted octanol–water partition coefficient (Wildman–Crippen LogP) is 3.21. The number of carbonyl (C=O) groups is 3. The van der Waals surface area contributed by atoms with E-state index in [0.717, 1.165) is 33.5 Å². The van der Waals surface area contributed by atoms with Gasteiger partial charge in [0.05, 0.1) is 11.8 Å². The van der Waals surface area contributed by atoms with Gasteiger partial charge < -0.3 is 10.4 Å². The highest BCUT2D eigenvalue weighted by Gasteiger charge is 2.70. The molecule has 3 aliphatic rings. The van der Waals surface area contributed by atoms with Gasteiger partial charge in [0.1, 0.15) is 11.3 Å². The van der Waals surface area contributed by atoms with Crippen molar-refractivity contribution >= 4 is 23.4 Å². The molecule has 2 saturated heterocycles. The number of likely N-dealkylation sites (tertiary alicyclic amines) is 1. The van der Waals surface area contributed by atoms with Crippen LogP contribution in [0.2, 0.25) is 0 Å². The molecule has 7 heteroatoms. The summed E-state index contributed by atoms with van der Waals surface area (Å²) in [6.45, 7) is 4.22. The average Bonchev–Trinajstić information content (AvgIpc) is 3.47. The lowest BCUT2D eigenvalue weighted by Crippen LogP contribution is -2.53. The molecule has 4 unspecified atom stereocenters. The van der Waals surface area contributed by atoms with E-state index in [1.807, 2.05) is 68.4 Å². The molecule has 3 aliphatic heterocycles. The largest absolute Gasteiger partial charge is 0.508 e. The Morgan fingerprint density at radius 3 is 2.35 bits per heavy atom. The maximum Gasteiger partial charge on any atom is 0.250 e. The van der Waals surface area contributed by atoms with Crippen molar-refractivity contribution in [2.24, 2.45) is 11.8 Å². The molecule has 0 saturated carbocycles. The van der Waals surface area contributed by atoms with Crippen LogP contribution in [0.25, 0.3) is 0 Å². The van der Waals surface area contributed by atoms with Gasteiger partial charge in [-0.3, -0.25) is 24.6 Å². The number of imide groups is 1. The molecular weight excluding hydrogens is 466 g/mol. The number of benzene rings is 3. The zero-order chi connectivity index (χ0) is 25.9. The van der Waals surface area contributed by atoms with Gasteiger partial charge in [-0.15, -0.1) is 0 Å². The number of aryl methyl sites for hydroxylation is 1. The van der Waals surface area contributed by atoms with Gasteiger partial charge in [-0.05, 0) is 61.1 Å². The second-order valence-electron chi connectivity index (χ2n) is 10.4. The van der Waals surface area contributed by atoms with Crippen molar-refractivity contribution in [2.75, 3.05) is 11.9 Å². The van der Waals surface area contributed by atoms with Crippen LogP contribution in [0.15, 0.2) is 66.7 Å². The second kappa shape index (κ2) is 8.56. The minimum Gasteiger partial charge on any atom is -0.508 e. The molecule has 3 aromatic carbocycles. The zero-order valence-electron chi connectivity index (χ0n) is 20.8. The van der Waals surface area contributed by atoms with E-state index in [1.165, 1.54) is 4.90 Å². The molecule has 1 spiro atoms. The molecule has 2 fully saturated rings. The van der Waals surface area contributed by atoms with Crippen LogP contribution in [0.4, 0.5) is 5.69 Å². The number of hydrogen-bond donors (Lipinski definition) is 3. The number of rotatable bonds is 5. The van der Waals surface area contributed by atoms with Gasteiger partial charge in [-0.1, -0.05) is 54.6 Å². The Hall–Kier alpha value is -3.97. The van der Waals surface area contributed by atoms with Crippen molar-refractivity contribution in [2.45, 2.75) is 38.3 Å². The van der Waals surface area contributed by atoms with E-state index in [0.29, 0.717) is 12.8 Å². The maximum atomic E-state index is 14.0. The number of phenols is 1. The quantitative estimate of drug-likeness (QED) is 0.472. The summed E-state index contributed by atoms with van der Waals surface area (Å²) in [7, 11) is 0. The summed E-state index contributed by atoms with van der Waals surface area (Å²) in [5.41, 5.74) is 4.11. The zero-order valence-corrected chi connectivity index (χ0v) is 20.8. The topological polar surface area (TPSA) is 98.7 Å². The smallest absolute Gasteiger partial charge is 0.250 e. The van der Waals surface area contributed by atoms with E-state index in [9.17, 15) is 19.5 Å². The molecule has 188 valence electrons. The van der Waals surface area contributed by atoms with Crippen LogP contribution in [-0.2, 0) is 32.8 Å². The standard InChI is InChI=1S/C30H29N3O4/c1-17-8-13-22-26(18(17)2)31-29(37)30(22)25-24(23(32-30)16-20-9-11-21(34)12-10-20)27(35)33(28(25)36)15-14-19-6-4-3-5-7-19/h3-13,23-25,32,34H,14-16H2,1-2H3,(H,31,37). The highest BCUT2D eigenvalue weighted by Crippen LogP contribution is 2.54. The maximum absolute atomic E-state index is 14.0. The van der Waals surface area contributed by atoms with Crippen molar-refractivity contribution < 1.29 is 19.5 Å². The molecule has 0 aromatic heterocycles. The third kappa shape index (κ3) is 3.49. The molecule has 3 aromatic rings. The van der Waals surface area contributed by atoms with Crippen LogP contribution in [-0.4, -0.2) is 40.3 Å². The first-order chi connectivity index (χ1) is 17.8. The number of nitrogens with zero attached hydrogens (tertiary/aromatic N) is 1. The minimum atomic E-state index is -1.31. The second-order valence-corrected chi connectivity index (χ2v) is 10.4. The Balaban J connectivity index is 1.41. The molecule has 3 heterocycles. The SMILES string of the molecule is Cc1ccc2c(c1C)NC(=O)C21NC(Cc2ccc(O)cc2)C2C(=O)N(CCc3ccccc3)C(=O)C21. The minimum absolute atomic E-state index is 0.159. The van der Waals surface area contributed by atoms with Crippen molar-refractivity contribution in [3.05, 3.63) is 94.5 Å². The Bertz CT molecular complexity index is 1420. The van der Waals surface area contributed by atoms with E-state index in [1.54, 1.807) is 12.1 Å². The van der Waals surface area contributed by atoms with E-state index in [2.05, 4.69) is 10.6 Å². The summed E-state index contributed by atoms with van der Waals surface area (Å²) in [5, 5.41) is 16.2. The predicted molar refractivity (Wildman–Crippen MR) is 139 cm³/mol. The van der Waals surface area contributed by atoms with Gasteiger partial charge in [0.15, 0.2) is 0 Å². The van der Waals surface area contributed by atoms with Gasteiger partial charge in [0, 0.05) is 23.8 Å². The van der Waals surface area contributed by atoms with Crippen molar-refractivity contribution in [1.82, 2.24) is 10.2 Å². The van der Waals surface area contributed by atoms with E-state index >= 15 is 0 Å². The van der Waals surface area contributed by atoms with Gasteiger partial charge in [0.25, 0.3) is 0 Å². The Morgan fingerprint density at radius 2 is 1.62 bits per heavy atom. The number of nitrogens with one attached hydrogen (secondary N) is 2. The van der Waals surface area contributed by atoms with Crippen LogP contribution in [0.5, 0.6) is 5.75 Å². The number of phenolic OH excluding ortho intramolecular Hbond substituents is 1. The van der Waals surface area contributed by atoms with E-state index < -0.39 is 23.4 Å². The van der Waals surface area contributed by atoms with E-state index in [4.69, 9.17) is 0 Å². The molecule has 0 radical (unpaired) electrons. The first-order valence-electron chi connectivity index (χ1n) is 12.7. The average molecular weight is 496 g/mol. The van der Waals surface area contributed by atoms with Gasteiger partial charge in [-0.2, -0.15) is 0 Å². The number of anilines is 1. The fourth-order valence-electron chi connectivity index (χ4n) is 6.35. The van der Waals surface area contributed by atoms with Crippen LogP contribution in [0, 0.1) is 25.7 Å². The van der Waals surface area contributed by atoms with Crippen LogP contribution >= 0.6 is 0 Å². The van der Waals surface area contributed by atoms with Crippen LogP contribution < -0.4 is 10.6 Å². The van der Waals surface area contributed by atoms with Crippen LogP contribution in [0.1, 0.15) is 27.8 Å². The highest BCUT2D eigenvalue weighted by atomic mass is 16.3. The number of fused-ring (bicyclic) bond motifs is 4. The molecule has 3 amide bonds. The molecule has 0 bridgehead atoms. The van der Waals surface area contributed by atoms with Crippen molar-refractivity contribution in [3.8, 4) is 5.75 Å². The van der Waals surface area contributed by atoms with Gasteiger partial charge in [0.2, 0.25) is 17.7 Å². The Morgan fingerprint density at radius 1 is 0.892 bits per heavy atom. The van der Waals surface area contributed by atoms with Gasteiger partial charge in [-0.25, -0.2) is 0 Å². The number of hydrogen-bond acceptors (Lipinski definition) is 5. The first-order valence-corrected chi connectivity index (χ1v) is 12.7. The molecular formula is C30H29N3O4. The van der Waals surface area contributed by atoms with Crippen LogP contribution in [0.3, 0.4) is 0 Å². The molecule has 3 N–H and O–H groups in total. The molecule has 6 rings (SSSR count). The highest BCUT2D eigenvalue weighted by molar-refractivity contribution is 6.15. The fraction of sp³-hybridized carbons (Fsp3) is 0.300. The summed E-state index contributed by atoms with van der Waals surface area (Å²) in [6, 6.07) is 20.1. The van der Waals surface area contributed by atoms with Gasteiger partial charge >= 0.3 is 0 Å². The molecule has 37 heavy (non-hydrogen) atoms. The molecule has 4 atom stereocenters. The lowest BCUT2D eigenvalue weighted by Gasteiger charge is -2.29. The number of carbonyl (C=O) groups excluding carboxylic acids is 3. The third-order valence-electron chi connectivity index (χ3n) is 8.37. The number of aromatic hydroxyl groups is 1. The van der Waals surface area contributed by atoms with E-state index in [-0.39, 0.29) is 30.0 Å². The first kappa shape index (κ1) is 23.4. The summed E-state index contributed by atoms with van der Waals surface area (Å²) >= 11 is 0. The lowest BCUT2D eigenvalue weighted by atomic mass is 9.75. The molecule has 0 aliphatic carbocycles. The Kier molecular flexibility index (Phi) is 5.42.